The second kappa shape index (κ2) is 9.49. The summed E-state index contributed by atoms with van der Waals surface area (Å²) >= 11 is 5.36. The van der Waals surface area contributed by atoms with Crippen LogP contribution in [-0.2, 0) is 6.18 Å². The van der Waals surface area contributed by atoms with Crippen LogP contribution >= 0.6 is 11.6 Å². The van der Waals surface area contributed by atoms with E-state index in [2.05, 4.69) is 0 Å². The lowest BCUT2D eigenvalue weighted by Gasteiger charge is -2.12. The number of ether oxygens (including phenoxy) is 1. The van der Waals surface area contributed by atoms with Crippen molar-refractivity contribution in [2.45, 2.75) is 13.1 Å². The van der Waals surface area contributed by atoms with Gasteiger partial charge in [-0.2, -0.15) is 13.2 Å². The number of hydrogen-bond donors (Lipinski definition) is 0. The van der Waals surface area contributed by atoms with E-state index in [0.29, 0.717) is 29.0 Å². The van der Waals surface area contributed by atoms with Crippen LogP contribution in [-0.4, -0.2) is 55.9 Å². The van der Waals surface area contributed by atoms with Gasteiger partial charge < -0.3 is 9.64 Å². The summed E-state index contributed by atoms with van der Waals surface area (Å²) in [5.41, 5.74) is 0.574. The lowest BCUT2D eigenvalue weighted by atomic mass is 10.1. The molecule has 162 valence electrons. The minimum absolute atomic E-state index is 0.256. The first-order chi connectivity index (χ1) is 13.9. The van der Waals surface area contributed by atoms with Crippen LogP contribution in [0.15, 0.2) is 36.4 Å². The Kier molecular flexibility index (Phi) is 7.49. The Morgan fingerprint density at radius 3 is 2.33 bits per heavy atom. The molecule has 30 heavy (non-hydrogen) atoms. The van der Waals surface area contributed by atoms with Crippen LogP contribution in [0.4, 0.5) is 13.2 Å². The molecule has 1 heterocycles. The Balaban J connectivity index is 0.000000232. The van der Waals surface area contributed by atoms with E-state index >= 15 is 0 Å². The van der Waals surface area contributed by atoms with Gasteiger partial charge in [-0.05, 0) is 45.3 Å². The predicted molar refractivity (Wildman–Crippen MR) is 108 cm³/mol. The molecule has 0 fully saturated rings. The van der Waals surface area contributed by atoms with Crippen molar-refractivity contribution in [2.75, 3.05) is 34.3 Å². The topological polar surface area (TPSA) is 49.9 Å². The summed E-state index contributed by atoms with van der Waals surface area (Å²) in [4.78, 5) is 26.8. The molecule has 0 atom stereocenters. The van der Waals surface area contributed by atoms with E-state index in [1.807, 2.05) is 19.0 Å². The Morgan fingerprint density at radius 1 is 1.10 bits per heavy atom. The third-order valence-electron chi connectivity index (χ3n) is 4.30. The molecular weight excluding hydrogens is 421 g/mol. The number of nitrogens with zero attached hydrogens (tertiary/aromatic N) is 2. The zero-order valence-corrected chi connectivity index (χ0v) is 17.8. The van der Waals surface area contributed by atoms with E-state index in [1.165, 1.54) is 19.2 Å². The van der Waals surface area contributed by atoms with Gasteiger partial charge in [-0.3, -0.25) is 14.5 Å². The standard InChI is InChI=1S/C13H16N2O3.C8H6ClF3/c1-14(2)7-8-18-10-6-4-5-9-11(10)13(17)15(3)12(9)16;1-5-2-3-7(9)6(4-5)8(10,11)12/h4-6H,7-8H2,1-3H3;2-4H,1H3. The van der Waals surface area contributed by atoms with Crippen molar-refractivity contribution in [1.29, 1.82) is 0 Å². The normalized spacial score (nSPS) is 13.3. The molecule has 0 bridgehead atoms. The molecule has 5 nitrogen and oxygen atoms in total. The highest BCUT2D eigenvalue weighted by Crippen LogP contribution is 2.35. The highest BCUT2D eigenvalue weighted by Gasteiger charge is 2.35. The third kappa shape index (κ3) is 5.52. The highest BCUT2D eigenvalue weighted by molar-refractivity contribution is 6.31. The van der Waals surface area contributed by atoms with Gasteiger partial charge in [-0.25, -0.2) is 0 Å². The van der Waals surface area contributed by atoms with Crippen LogP contribution in [0, 0.1) is 6.92 Å². The third-order valence-corrected chi connectivity index (χ3v) is 4.63. The first-order valence-corrected chi connectivity index (χ1v) is 9.37. The summed E-state index contributed by atoms with van der Waals surface area (Å²) in [6.07, 6.45) is -4.36. The van der Waals surface area contributed by atoms with Crippen molar-refractivity contribution in [1.82, 2.24) is 9.80 Å². The first kappa shape index (κ1) is 23.7. The maximum absolute atomic E-state index is 12.1. The molecule has 0 aromatic heterocycles. The Bertz CT molecular complexity index is 946. The predicted octanol–water partition coefficient (Wildman–Crippen LogP) is 4.52. The van der Waals surface area contributed by atoms with Gasteiger partial charge in [0, 0.05) is 13.6 Å². The van der Waals surface area contributed by atoms with Crippen molar-refractivity contribution in [3.63, 3.8) is 0 Å². The van der Waals surface area contributed by atoms with Gasteiger partial charge in [0.25, 0.3) is 11.8 Å². The van der Waals surface area contributed by atoms with Gasteiger partial charge in [-0.1, -0.05) is 29.3 Å². The van der Waals surface area contributed by atoms with Crippen LogP contribution in [0.25, 0.3) is 0 Å². The van der Waals surface area contributed by atoms with Crippen molar-refractivity contribution >= 4 is 23.4 Å². The first-order valence-electron chi connectivity index (χ1n) is 8.99. The molecule has 1 aliphatic heterocycles. The van der Waals surface area contributed by atoms with Crippen molar-refractivity contribution in [3.05, 3.63) is 63.7 Å². The van der Waals surface area contributed by atoms with E-state index in [-0.39, 0.29) is 16.8 Å². The maximum atomic E-state index is 12.1. The summed E-state index contributed by atoms with van der Waals surface area (Å²) < 4.78 is 42.0. The van der Waals surface area contributed by atoms with Crippen LogP contribution in [0.2, 0.25) is 5.02 Å². The molecule has 0 radical (unpaired) electrons. The summed E-state index contributed by atoms with van der Waals surface area (Å²) in [6.45, 7) is 2.82. The number of aryl methyl sites for hydroxylation is 1. The van der Waals surface area contributed by atoms with Gasteiger partial charge in [0.2, 0.25) is 0 Å². The number of carbonyl (C=O) groups is 2. The molecule has 3 rings (SSSR count). The number of amides is 2. The van der Waals surface area contributed by atoms with E-state index in [9.17, 15) is 22.8 Å². The lowest BCUT2D eigenvalue weighted by Crippen LogP contribution is -2.24. The number of hydrogen-bond acceptors (Lipinski definition) is 4. The lowest BCUT2D eigenvalue weighted by molar-refractivity contribution is -0.137. The Labute approximate surface area is 178 Å². The molecule has 0 saturated heterocycles. The zero-order valence-electron chi connectivity index (χ0n) is 17.0. The largest absolute Gasteiger partial charge is 0.491 e. The molecule has 9 heteroatoms. The van der Waals surface area contributed by atoms with Crippen LogP contribution in [0.5, 0.6) is 5.75 Å². The fourth-order valence-corrected chi connectivity index (χ4v) is 2.91. The average Bonchev–Trinajstić information content (AvgIpc) is 2.88. The number of rotatable bonds is 4. The molecule has 2 aromatic carbocycles. The second-order valence-electron chi connectivity index (χ2n) is 6.98. The van der Waals surface area contributed by atoms with Crippen molar-refractivity contribution < 1.29 is 27.5 Å². The molecular formula is C21H22ClF3N2O3. The Morgan fingerprint density at radius 2 is 1.77 bits per heavy atom. The number of alkyl halides is 3. The number of fused-ring (bicyclic) bond motifs is 1. The molecule has 0 N–H and O–H groups in total. The zero-order chi connectivity index (χ0) is 22.6. The van der Waals surface area contributed by atoms with Crippen LogP contribution < -0.4 is 4.74 Å². The smallest absolute Gasteiger partial charge is 0.417 e. The van der Waals surface area contributed by atoms with E-state index in [0.717, 1.165) is 17.5 Å². The van der Waals surface area contributed by atoms with Crippen LogP contribution in [0.3, 0.4) is 0 Å². The summed E-state index contributed by atoms with van der Waals surface area (Å²) in [5.74, 6) is -0.0828. The number of benzene rings is 2. The highest BCUT2D eigenvalue weighted by atomic mass is 35.5. The quantitative estimate of drug-likeness (QED) is 0.653. The molecule has 0 spiro atoms. The van der Waals surface area contributed by atoms with Crippen LogP contribution in [0.1, 0.15) is 31.8 Å². The van der Waals surface area contributed by atoms with Crippen molar-refractivity contribution in [2.24, 2.45) is 0 Å². The SMILES string of the molecule is CN(C)CCOc1cccc2c1C(=O)N(C)C2=O.Cc1ccc(Cl)c(C(F)(F)F)c1. The van der Waals surface area contributed by atoms with E-state index < -0.39 is 11.7 Å². The van der Waals surface area contributed by atoms with Gasteiger partial charge in [0.15, 0.2) is 0 Å². The molecule has 2 amide bonds. The average molecular weight is 443 g/mol. The molecule has 1 aliphatic rings. The van der Waals surface area contributed by atoms with E-state index in [1.54, 1.807) is 25.1 Å². The van der Waals surface area contributed by atoms with Crippen molar-refractivity contribution in [3.8, 4) is 5.75 Å². The monoisotopic (exact) mass is 442 g/mol. The summed E-state index contributed by atoms with van der Waals surface area (Å²) in [7, 11) is 5.37. The fourth-order valence-electron chi connectivity index (χ4n) is 2.69. The number of halogens is 4. The number of imide groups is 1. The maximum Gasteiger partial charge on any atom is 0.417 e. The summed E-state index contributed by atoms with van der Waals surface area (Å²) in [5, 5.41) is -0.256. The minimum Gasteiger partial charge on any atom is -0.491 e. The van der Waals surface area contributed by atoms with Gasteiger partial charge in [0.1, 0.15) is 12.4 Å². The van der Waals surface area contributed by atoms with Gasteiger partial charge >= 0.3 is 6.18 Å². The molecule has 2 aromatic rings. The summed E-state index contributed by atoms with van der Waals surface area (Å²) in [6, 6.07) is 8.92. The van der Waals surface area contributed by atoms with E-state index in [4.69, 9.17) is 16.3 Å². The fraction of sp³-hybridized carbons (Fsp3) is 0.333. The Hall–Kier alpha value is -2.58. The molecule has 0 saturated carbocycles. The minimum atomic E-state index is -4.36. The molecule has 0 aliphatic carbocycles. The van der Waals surface area contributed by atoms with Gasteiger partial charge in [-0.15, -0.1) is 0 Å². The molecule has 0 unspecified atom stereocenters. The number of likely N-dealkylation sites (N-methyl/N-ethyl adjacent to an activating group) is 1. The second-order valence-corrected chi connectivity index (χ2v) is 7.39. The number of carbonyl (C=O) groups excluding carboxylic acids is 2. The van der Waals surface area contributed by atoms with Gasteiger partial charge in [0.05, 0.1) is 21.7 Å².